The fraction of sp³-hybridized carbons (Fsp3) is 0.588. The maximum atomic E-state index is 10.7. The third kappa shape index (κ3) is 9.08. The summed E-state index contributed by atoms with van der Waals surface area (Å²) < 4.78 is 5.59. The van der Waals surface area contributed by atoms with Crippen molar-refractivity contribution in [1.29, 1.82) is 0 Å². The SMILES string of the molecule is CCCCCCCCCCOc1ccc(C(=O)O)cc1.O. The number of hydrogen-bond acceptors (Lipinski definition) is 2. The minimum Gasteiger partial charge on any atom is -0.494 e. The molecule has 0 aliphatic heterocycles. The molecule has 0 fully saturated rings. The van der Waals surface area contributed by atoms with Gasteiger partial charge in [-0.15, -0.1) is 0 Å². The molecule has 0 saturated heterocycles. The van der Waals surface area contributed by atoms with E-state index in [0.717, 1.165) is 12.2 Å². The highest BCUT2D eigenvalue weighted by Crippen LogP contribution is 2.13. The van der Waals surface area contributed by atoms with Crippen molar-refractivity contribution >= 4 is 5.97 Å². The number of ether oxygens (including phenoxy) is 1. The molecule has 0 aliphatic carbocycles. The van der Waals surface area contributed by atoms with Crippen molar-refractivity contribution < 1.29 is 20.1 Å². The summed E-state index contributed by atoms with van der Waals surface area (Å²) in [4.78, 5) is 10.7. The van der Waals surface area contributed by atoms with Crippen LogP contribution in [0.4, 0.5) is 0 Å². The zero-order valence-corrected chi connectivity index (χ0v) is 12.9. The molecule has 0 spiro atoms. The van der Waals surface area contributed by atoms with Gasteiger partial charge in [-0.3, -0.25) is 0 Å². The number of carboxylic acids is 1. The van der Waals surface area contributed by atoms with E-state index in [2.05, 4.69) is 6.92 Å². The first-order chi connectivity index (χ1) is 9.74. The second-order valence-electron chi connectivity index (χ2n) is 5.15. The van der Waals surface area contributed by atoms with Crippen LogP contribution in [0, 0.1) is 0 Å². The second-order valence-corrected chi connectivity index (χ2v) is 5.15. The lowest BCUT2D eigenvalue weighted by atomic mass is 10.1. The van der Waals surface area contributed by atoms with Crippen LogP contribution in [0.25, 0.3) is 0 Å². The van der Waals surface area contributed by atoms with E-state index in [9.17, 15) is 4.79 Å². The van der Waals surface area contributed by atoms with Gasteiger partial charge in [-0.1, -0.05) is 51.9 Å². The van der Waals surface area contributed by atoms with Gasteiger partial charge in [0.15, 0.2) is 0 Å². The molecule has 0 amide bonds. The maximum absolute atomic E-state index is 10.7. The van der Waals surface area contributed by atoms with Crippen LogP contribution in [0.1, 0.15) is 68.6 Å². The Morgan fingerprint density at radius 2 is 1.48 bits per heavy atom. The van der Waals surface area contributed by atoms with Crippen molar-refractivity contribution in [2.24, 2.45) is 0 Å². The highest BCUT2D eigenvalue weighted by atomic mass is 16.5. The molecule has 120 valence electrons. The number of carboxylic acid groups (broad SMARTS) is 1. The molecule has 1 rings (SSSR count). The average molecular weight is 296 g/mol. The van der Waals surface area contributed by atoms with Crippen molar-refractivity contribution in [2.75, 3.05) is 6.61 Å². The van der Waals surface area contributed by atoms with Gasteiger partial charge in [-0.05, 0) is 30.7 Å². The van der Waals surface area contributed by atoms with Crippen LogP contribution < -0.4 is 4.74 Å². The van der Waals surface area contributed by atoms with Crippen molar-refractivity contribution in [1.82, 2.24) is 0 Å². The van der Waals surface area contributed by atoms with Crippen molar-refractivity contribution in [3.63, 3.8) is 0 Å². The van der Waals surface area contributed by atoms with E-state index in [4.69, 9.17) is 9.84 Å². The van der Waals surface area contributed by atoms with E-state index < -0.39 is 5.97 Å². The van der Waals surface area contributed by atoms with E-state index in [0.29, 0.717) is 12.2 Å². The fourth-order valence-corrected chi connectivity index (χ4v) is 2.12. The second kappa shape index (κ2) is 12.2. The van der Waals surface area contributed by atoms with Gasteiger partial charge in [0, 0.05) is 0 Å². The van der Waals surface area contributed by atoms with Crippen LogP contribution in [0.5, 0.6) is 5.75 Å². The number of rotatable bonds is 11. The van der Waals surface area contributed by atoms with E-state index in [1.165, 1.54) is 44.9 Å². The summed E-state index contributed by atoms with van der Waals surface area (Å²) in [6, 6.07) is 6.58. The van der Waals surface area contributed by atoms with Gasteiger partial charge < -0.3 is 15.3 Å². The Kier molecular flexibility index (Phi) is 11.3. The Labute approximate surface area is 127 Å². The summed E-state index contributed by atoms with van der Waals surface area (Å²) in [5.74, 6) is -0.155. The first kappa shape index (κ1) is 19.4. The van der Waals surface area contributed by atoms with Crippen LogP contribution in [0.3, 0.4) is 0 Å². The summed E-state index contributed by atoms with van der Waals surface area (Å²) in [5.41, 5.74) is 0.296. The van der Waals surface area contributed by atoms with Crippen LogP contribution >= 0.6 is 0 Å². The standard InChI is InChI=1S/C17H26O3.H2O/c1-2-3-4-5-6-7-8-9-14-20-16-12-10-15(11-13-16)17(18)19;/h10-13H,2-9,14H2,1H3,(H,18,19);1H2. The van der Waals surface area contributed by atoms with Gasteiger partial charge in [-0.25, -0.2) is 4.79 Å². The predicted molar refractivity (Wildman–Crippen MR) is 85.1 cm³/mol. The summed E-state index contributed by atoms with van der Waals surface area (Å²) >= 11 is 0. The van der Waals surface area contributed by atoms with E-state index >= 15 is 0 Å². The quantitative estimate of drug-likeness (QED) is 0.625. The minimum absolute atomic E-state index is 0. The third-order valence-corrected chi connectivity index (χ3v) is 3.37. The fourth-order valence-electron chi connectivity index (χ4n) is 2.12. The Morgan fingerprint density at radius 3 is 2.00 bits per heavy atom. The molecule has 21 heavy (non-hydrogen) atoms. The highest BCUT2D eigenvalue weighted by Gasteiger charge is 2.01. The molecule has 4 heteroatoms. The molecule has 0 radical (unpaired) electrons. The molecule has 0 unspecified atom stereocenters. The Hall–Kier alpha value is -1.55. The summed E-state index contributed by atoms with van der Waals surface area (Å²) in [7, 11) is 0. The highest BCUT2D eigenvalue weighted by molar-refractivity contribution is 5.87. The lowest BCUT2D eigenvalue weighted by Gasteiger charge is -2.06. The van der Waals surface area contributed by atoms with E-state index in [1.807, 2.05) is 0 Å². The number of hydrogen-bond donors (Lipinski definition) is 1. The molecule has 0 saturated carbocycles. The first-order valence-electron chi connectivity index (χ1n) is 7.70. The Morgan fingerprint density at radius 1 is 0.952 bits per heavy atom. The van der Waals surface area contributed by atoms with Crippen molar-refractivity contribution in [3.8, 4) is 5.75 Å². The molecule has 0 aromatic heterocycles. The molecule has 1 aromatic carbocycles. The van der Waals surface area contributed by atoms with Gasteiger partial charge in [0.05, 0.1) is 12.2 Å². The first-order valence-corrected chi connectivity index (χ1v) is 7.70. The lowest BCUT2D eigenvalue weighted by Crippen LogP contribution is -1.99. The molecule has 0 bridgehead atoms. The van der Waals surface area contributed by atoms with Gasteiger partial charge in [0.2, 0.25) is 0 Å². The Bertz CT molecular complexity index is 373. The van der Waals surface area contributed by atoms with E-state index in [-0.39, 0.29) is 5.48 Å². The Balaban J connectivity index is 0.00000400. The molecule has 0 aliphatic rings. The zero-order valence-electron chi connectivity index (χ0n) is 12.9. The normalized spacial score (nSPS) is 9.95. The predicted octanol–water partition coefficient (Wildman–Crippen LogP) is 4.08. The third-order valence-electron chi connectivity index (χ3n) is 3.37. The smallest absolute Gasteiger partial charge is 0.335 e. The van der Waals surface area contributed by atoms with Gasteiger partial charge in [-0.2, -0.15) is 0 Å². The number of benzene rings is 1. The molecule has 0 heterocycles. The maximum Gasteiger partial charge on any atom is 0.335 e. The summed E-state index contributed by atoms with van der Waals surface area (Å²) in [6.07, 6.45) is 10.3. The monoisotopic (exact) mass is 296 g/mol. The molecule has 1 aromatic rings. The van der Waals surface area contributed by atoms with Gasteiger partial charge >= 0.3 is 5.97 Å². The van der Waals surface area contributed by atoms with Gasteiger partial charge in [0.25, 0.3) is 0 Å². The van der Waals surface area contributed by atoms with E-state index in [1.54, 1.807) is 24.3 Å². The van der Waals surface area contributed by atoms with Crippen LogP contribution in [-0.2, 0) is 0 Å². The zero-order chi connectivity index (χ0) is 14.6. The number of aromatic carboxylic acids is 1. The van der Waals surface area contributed by atoms with Crippen molar-refractivity contribution in [3.05, 3.63) is 29.8 Å². The molecule has 3 N–H and O–H groups in total. The molecule has 0 atom stereocenters. The summed E-state index contributed by atoms with van der Waals surface area (Å²) in [6.45, 7) is 2.95. The van der Waals surface area contributed by atoms with Crippen LogP contribution in [-0.4, -0.2) is 23.2 Å². The topological polar surface area (TPSA) is 78.0 Å². The molecular formula is C17H28O4. The van der Waals surface area contributed by atoms with Crippen LogP contribution in [0.2, 0.25) is 0 Å². The number of unbranched alkanes of at least 4 members (excludes halogenated alkanes) is 7. The van der Waals surface area contributed by atoms with Crippen molar-refractivity contribution in [2.45, 2.75) is 58.3 Å². The number of carbonyl (C=O) groups is 1. The average Bonchev–Trinajstić information content (AvgIpc) is 2.46. The largest absolute Gasteiger partial charge is 0.494 e. The molecule has 4 nitrogen and oxygen atoms in total. The summed E-state index contributed by atoms with van der Waals surface area (Å²) in [5, 5.41) is 8.79. The van der Waals surface area contributed by atoms with Gasteiger partial charge in [0.1, 0.15) is 5.75 Å². The minimum atomic E-state index is -0.903. The lowest BCUT2D eigenvalue weighted by molar-refractivity contribution is 0.0697. The van der Waals surface area contributed by atoms with Crippen LogP contribution in [0.15, 0.2) is 24.3 Å². The molecular weight excluding hydrogens is 268 g/mol.